The van der Waals surface area contributed by atoms with E-state index in [0.29, 0.717) is 43.3 Å². The number of aromatic nitrogens is 3. The van der Waals surface area contributed by atoms with Crippen molar-refractivity contribution in [1.29, 1.82) is 0 Å². The summed E-state index contributed by atoms with van der Waals surface area (Å²) < 4.78 is 8.51. The SMILES string of the molecule is CCCOC(=O)C1CN(c2cccc(Cl)c2)CCN1CCCn1nc2ccccn2c1=O. The molecular weight excluding hydrogens is 430 g/mol. The second-order valence-electron chi connectivity index (χ2n) is 7.93. The van der Waals surface area contributed by atoms with Gasteiger partial charge < -0.3 is 9.64 Å². The van der Waals surface area contributed by atoms with Crippen LogP contribution in [0.3, 0.4) is 0 Å². The minimum Gasteiger partial charge on any atom is -0.464 e. The summed E-state index contributed by atoms with van der Waals surface area (Å²) in [4.78, 5) is 29.6. The summed E-state index contributed by atoms with van der Waals surface area (Å²) >= 11 is 6.16. The number of anilines is 1. The number of nitrogens with zero attached hydrogens (tertiary/aromatic N) is 5. The molecule has 170 valence electrons. The zero-order chi connectivity index (χ0) is 22.5. The molecule has 1 saturated heterocycles. The zero-order valence-corrected chi connectivity index (χ0v) is 18.9. The predicted molar refractivity (Wildman–Crippen MR) is 124 cm³/mol. The number of esters is 1. The van der Waals surface area contributed by atoms with Gasteiger partial charge >= 0.3 is 11.7 Å². The number of ether oxygens (including phenoxy) is 1. The number of fused-ring (bicyclic) bond motifs is 1. The van der Waals surface area contributed by atoms with E-state index in [-0.39, 0.29) is 17.7 Å². The topological polar surface area (TPSA) is 72.1 Å². The molecule has 0 N–H and O–H groups in total. The number of hydrogen-bond donors (Lipinski definition) is 0. The standard InChI is InChI=1S/C23H28ClN5O3/c1-2-15-32-22(30)20-17-27(19-8-5-7-18(24)16-19)14-13-26(20)10-6-12-29-23(31)28-11-4-3-9-21(28)25-29/h3-5,7-9,11,16,20H,2,6,10,12-15,17H2,1H3. The molecule has 9 heteroatoms. The molecule has 0 saturated carbocycles. The average Bonchev–Trinajstić information content (AvgIpc) is 3.13. The van der Waals surface area contributed by atoms with Crippen LogP contribution < -0.4 is 10.6 Å². The van der Waals surface area contributed by atoms with Crippen LogP contribution in [0.1, 0.15) is 19.8 Å². The predicted octanol–water partition coefficient (Wildman–Crippen LogP) is 2.68. The summed E-state index contributed by atoms with van der Waals surface area (Å²) in [6.07, 6.45) is 3.21. The molecule has 3 aromatic rings. The van der Waals surface area contributed by atoms with Gasteiger partial charge in [-0.15, -0.1) is 5.10 Å². The molecule has 0 aliphatic carbocycles. The number of carbonyl (C=O) groups is 1. The minimum atomic E-state index is -0.368. The zero-order valence-electron chi connectivity index (χ0n) is 18.2. The van der Waals surface area contributed by atoms with Crippen molar-refractivity contribution in [1.82, 2.24) is 19.1 Å². The fourth-order valence-electron chi connectivity index (χ4n) is 4.06. The van der Waals surface area contributed by atoms with Crippen molar-refractivity contribution in [3.8, 4) is 0 Å². The Morgan fingerprint density at radius 3 is 2.84 bits per heavy atom. The maximum Gasteiger partial charge on any atom is 0.350 e. The Bertz CT molecular complexity index is 1130. The molecule has 0 bridgehead atoms. The molecule has 1 fully saturated rings. The van der Waals surface area contributed by atoms with Gasteiger partial charge in [0.05, 0.1) is 6.61 Å². The first-order valence-electron chi connectivity index (χ1n) is 11.0. The lowest BCUT2D eigenvalue weighted by Gasteiger charge is -2.41. The average molecular weight is 458 g/mol. The molecule has 1 aliphatic rings. The van der Waals surface area contributed by atoms with Crippen molar-refractivity contribution in [2.45, 2.75) is 32.4 Å². The molecule has 0 radical (unpaired) electrons. The van der Waals surface area contributed by atoms with E-state index in [2.05, 4.69) is 14.9 Å². The Morgan fingerprint density at radius 1 is 1.19 bits per heavy atom. The molecule has 2 aromatic heterocycles. The fraction of sp³-hybridized carbons (Fsp3) is 0.435. The number of halogens is 1. The second-order valence-corrected chi connectivity index (χ2v) is 8.37. The van der Waals surface area contributed by atoms with Gasteiger partial charge in [0.1, 0.15) is 6.04 Å². The third-order valence-corrected chi connectivity index (χ3v) is 5.92. The lowest BCUT2D eigenvalue weighted by Crippen LogP contribution is -2.57. The van der Waals surface area contributed by atoms with Crippen LogP contribution >= 0.6 is 11.6 Å². The van der Waals surface area contributed by atoms with E-state index in [4.69, 9.17) is 16.3 Å². The van der Waals surface area contributed by atoms with Crippen molar-refractivity contribution >= 4 is 28.9 Å². The Labute approximate surface area is 191 Å². The van der Waals surface area contributed by atoms with Gasteiger partial charge in [0.25, 0.3) is 0 Å². The van der Waals surface area contributed by atoms with E-state index < -0.39 is 0 Å². The summed E-state index contributed by atoms with van der Waals surface area (Å²) in [5.41, 5.74) is 1.49. The first-order chi connectivity index (χ1) is 15.6. The molecule has 1 aromatic carbocycles. The highest BCUT2D eigenvalue weighted by atomic mass is 35.5. The van der Waals surface area contributed by atoms with Gasteiger partial charge in [-0.2, -0.15) is 0 Å². The van der Waals surface area contributed by atoms with Crippen LogP contribution in [-0.2, 0) is 16.1 Å². The van der Waals surface area contributed by atoms with Crippen LogP contribution in [-0.4, -0.2) is 63.9 Å². The number of pyridine rings is 1. The first-order valence-corrected chi connectivity index (χ1v) is 11.4. The molecule has 32 heavy (non-hydrogen) atoms. The summed E-state index contributed by atoms with van der Waals surface area (Å²) in [6.45, 7) is 5.61. The van der Waals surface area contributed by atoms with Gasteiger partial charge in [0.2, 0.25) is 0 Å². The van der Waals surface area contributed by atoms with Crippen LogP contribution in [0.5, 0.6) is 0 Å². The second kappa shape index (κ2) is 10.2. The van der Waals surface area contributed by atoms with Crippen LogP contribution in [0.15, 0.2) is 53.5 Å². The van der Waals surface area contributed by atoms with Crippen molar-refractivity contribution in [2.24, 2.45) is 0 Å². The molecule has 1 aliphatic heterocycles. The molecule has 1 unspecified atom stereocenters. The molecule has 1 atom stereocenters. The number of benzene rings is 1. The Kier molecular flexibility index (Phi) is 7.12. The van der Waals surface area contributed by atoms with Gasteiger partial charge in [-0.05, 0) is 43.2 Å². The van der Waals surface area contributed by atoms with E-state index in [1.165, 1.54) is 9.08 Å². The highest BCUT2D eigenvalue weighted by Gasteiger charge is 2.33. The summed E-state index contributed by atoms with van der Waals surface area (Å²) in [6, 6.07) is 12.8. The van der Waals surface area contributed by atoms with Crippen molar-refractivity contribution < 1.29 is 9.53 Å². The smallest absolute Gasteiger partial charge is 0.350 e. The molecular formula is C23H28ClN5O3. The van der Waals surface area contributed by atoms with E-state index in [1.54, 1.807) is 6.20 Å². The van der Waals surface area contributed by atoms with Crippen LogP contribution in [0.4, 0.5) is 5.69 Å². The lowest BCUT2D eigenvalue weighted by atomic mass is 10.1. The molecule has 0 spiro atoms. The van der Waals surface area contributed by atoms with Crippen molar-refractivity contribution in [3.63, 3.8) is 0 Å². The summed E-state index contributed by atoms with van der Waals surface area (Å²) in [5.74, 6) is -0.205. The number of rotatable bonds is 8. The van der Waals surface area contributed by atoms with Gasteiger partial charge in [0.15, 0.2) is 5.65 Å². The molecule has 8 nitrogen and oxygen atoms in total. The largest absolute Gasteiger partial charge is 0.464 e. The Hall–Kier alpha value is -2.84. The molecule has 4 rings (SSSR count). The number of carbonyl (C=O) groups excluding carboxylic acids is 1. The van der Waals surface area contributed by atoms with Gasteiger partial charge in [0, 0.05) is 49.6 Å². The third kappa shape index (κ3) is 4.97. The van der Waals surface area contributed by atoms with Crippen LogP contribution in [0.25, 0.3) is 5.65 Å². The maximum atomic E-state index is 12.8. The van der Waals surface area contributed by atoms with E-state index >= 15 is 0 Å². The van der Waals surface area contributed by atoms with Gasteiger partial charge in [-0.25, -0.2) is 9.48 Å². The van der Waals surface area contributed by atoms with E-state index in [1.807, 2.05) is 49.4 Å². The number of aryl methyl sites for hydroxylation is 1. The normalized spacial score (nSPS) is 17.1. The highest BCUT2D eigenvalue weighted by molar-refractivity contribution is 6.30. The van der Waals surface area contributed by atoms with E-state index in [9.17, 15) is 9.59 Å². The monoisotopic (exact) mass is 457 g/mol. The first kappa shape index (κ1) is 22.4. The lowest BCUT2D eigenvalue weighted by molar-refractivity contribution is -0.150. The van der Waals surface area contributed by atoms with Crippen molar-refractivity contribution in [2.75, 3.05) is 37.7 Å². The quantitative estimate of drug-likeness (QED) is 0.484. The van der Waals surface area contributed by atoms with Crippen LogP contribution in [0, 0.1) is 0 Å². The highest BCUT2D eigenvalue weighted by Crippen LogP contribution is 2.23. The molecule has 0 amide bonds. The maximum absolute atomic E-state index is 12.8. The van der Waals surface area contributed by atoms with Gasteiger partial charge in [-0.3, -0.25) is 14.1 Å². The minimum absolute atomic E-state index is 0.148. The third-order valence-electron chi connectivity index (χ3n) is 5.69. The van der Waals surface area contributed by atoms with Gasteiger partial charge in [-0.1, -0.05) is 30.7 Å². The van der Waals surface area contributed by atoms with Crippen LogP contribution in [0.2, 0.25) is 5.02 Å². The molecule has 3 heterocycles. The fourth-order valence-corrected chi connectivity index (χ4v) is 4.24. The number of hydrogen-bond acceptors (Lipinski definition) is 6. The number of piperazine rings is 1. The Morgan fingerprint density at radius 2 is 2.06 bits per heavy atom. The Balaban J connectivity index is 1.43. The summed E-state index contributed by atoms with van der Waals surface area (Å²) in [5, 5.41) is 5.06. The summed E-state index contributed by atoms with van der Waals surface area (Å²) in [7, 11) is 0. The van der Waals surface area contributed by atoms with E-state index in [0.717, 1.165) is 25.2 Å². The van der Waals surface area contributed by atoms with Crippen molar-refractivity contribution in [3.05, 3.63) is 64.2 Å².